The van der Waals surface area contributed by atoms with Crippen LogP contribution in [0.1, 0.15) is 29.2 Å². The van der Waals surface area contributed by atoms with Crippen molar-refractivity contribution in [3.05, 3.63) is 71.4 Å². The summed E-state index contributed by atoms with van der Waals surface area (Å²) in [6.07, 6.45) is 2.64. The van der Waals surface area contributed by atoms with E-state index in [-0.39, 0.29) is 24.1 Å². The second-order valence-electron chi connectivity index (χ2n) is 7.06. The molecule has 0 unspecified atom stereocenters. The maximum Gasteiger partial charge on any atom is 0.276 e. The number of carbonyl (C=O) groups excluding carboxylic acids is 2. The normalized spacial score (nSPS) is 15.9. The maximum absolute atomic E-state index is 12.8. The zero-order valence-electron chi connectivity index (χ0n) is 16.2. The van der Waals surface area contributed by atoms with Gasteiger partial charge in [0, 0.05) is 17.3 Å². The molecule has 0 bridgehead atoms. The van der Waals surface area contributed by atoms with Crippen molar-refractivity contribution in [3.8, 4) is 11.1 Å². The van der Waals surface area contributed by atoms with E-state index in [2.05, 4.69) is 10.3 Å². The number of amides is 2. The van der Waals surface area contributed by atoms with Gasteiger partial charge in [0.2, 0.25) is 11.8 Å². The highest BCUT2D eigenvalue weighted by Gasteiger charge is 2.35. The predicted molar refractivity (Wildman–Crippen MR) is 114 cm³/mol. The standard InChI is InChI=1S/C22H21ClN4O3/c23-16-7-3-14(4-8-16)15-5-9-17(10-6-15)25-21(28)19-2-1-11-27(19)22(29)18-13-30-20(12-24)26-18/h3-10,13,19H,1-2,11-12,24H2,(H,25,28)/t19-/m1/s1. The van der Waals surface area contributed by atoms with Crippen LogP contribution in [0, 0.1) is 0 Å². The summed E-state index contributed by atoms with van der Waals surface area (Å²) in [6, 6.07) is 14.6. The number of nitrogens with one attached hydrogen (secondary N) is 1. The van der Waals surface area contributed by atoms with Crippen LogP contribution >= 0.6 is 11.6 Å². The highest BCUT2D eigenvalue weighted by atomic mass is 35.5. The summed E-state index contributed by atoms with van der Waals surface area (Å²) in [5.74, 6) is -0.254. The molecule has 2 amide bonds. The van der Waals surface area contributed by atoms with E-state index in [4.69, 9.17) is 21.8 Å². The molecule has 154 valence electrons. The van der Waals surface area contributed by atoms with Crippen LogP contribution in [0.3, 0.4) is 0 Å². The molecule has 3 aromatic rings. The number of anilines is 1. The lowest BCUT2D eigenvalue weighted by Gasteiger charge is -2.23. The molecular weight excluding hydrogens is 404 g/mol. The molecule has 0 aliphatic carbocycles. The van der Waals surface area contributed by atoms with E-state index < -0.39 is 6.04 Å². The lowest BCUT2D eigenvalue weighted by Crippen LogP contribution is -2.43. The average molecular weight is 425 g/mol. The van der Waals surface area contributed by atoms with Gasteiger partial charge in [0.1, 0.15) is 12.3 Å². The zero-order valence-corrected chi connectivity index (χ0v) is 16.9. The fraction of sp³-hybridized carbons (Fsp3) is 0.227. The van der Waals surface area contributed by atoms with Crippen LogP contribution in [0.15, 0.2) is 59.2 Å². The molecule has 2 heterocycles. The fourth-order valence-corrected chi connectivity index (χ4v) is 3.67. The van der Waals surface area contributed by atoms with Crippen molar-refractivity contribution in [1.82, 2.24) is 9.88 Å². The van der Waals surface area contributed by atoms with E-state index >= 15 is 0 Å². The minimum Gasteiger partial charge on any atom is -0.447 e. The van der Waals surface area contributed by atoms with E-state index in [1.165, 1.54) is 11.2 Å². The van der Waals surface area contributed by atoms with Gasteiger partial charge >= 0.3 is 0 Å². The maximum atomic E-state index is 12.8. The molecule has 1 atom stereocenters. The average Bonchev–Trinajstić information content (AvgIpc) is 3.44. The number of nitrogens with two attached hydrogens (primary N) is 1. The summed E-state index contributed by atoms with van der Waals surface area (Å²) >= 11 is 5.94. The number of oxazole rings is 1. The number of halogens is 1. The topological polar surface area (TPSA) is 101 Å². The van der Waals surface area contributed by atoms with Crippen molar-refractivity contribution in [2.75, 3.05) is 11.9 Å². The quantitative estimate of drug-likeness (QED) is 0.650. The molecule has 0 radical (unpaired) electrons. The van der Waals surface area contributed by atoms with Gasteiger partial charge in [0.05, 0.1) is 6.54 Å². The third-order valence-electron chi connectivity index (χ3n) is 5.09. The third kappa shape index (κ3) is 4.22. The number of likely N-dealkylation sites (tertiary alicyclic amines) is 1. The largest absolute Gasteiger partial charge is 0.447 e. The van der Waals surface area contributed by atoms with E-state index in [0.717, 1.165) is 17.5 Å². The third-order valence-corrected chi connectivity index (χ3v) is 5.34. The van der Waals surface area contributed by atoms with Crippen LogP contribution in [-0.4, -0.2) is 34.3 Å². The smallest absolute Gasteiger partial charge is 0.276 e. The zero-order chi connectivity index (χ0) is 21.1. The molecule has 1 saturated heterocycles. The fourth-order valence-electron chi connectivity index (χ4n) is 3.55. The Kier molecular flexibility index (Phi) is 5.83. The van der Waals surface area contributed by atoms with Gasteiger partial charge in [-0.15, -0.1) is 0 Å². The van der Waals surface area contributed by atoms with Gasteiger partial charge in [0.25, 0.3) is 5.91 Å². The monoisotopic (exact) mass is 424 g/mol. The Morgan fingerprint density at radius 1 is 1.13 bits per heavy atom. The molecule has 0 spiro atoms. The van der Waals surface area contributed by atoms with Crippen molar-refractivity contribution in [3.63, 3.8) is 0 Å². The molecule has 1 aromatic heterocycles. The molecule has 1 aliphatic rings. The number of aromatic nitrogens is 1. The van der Waals surface area contributed by atoms with Crippen molar-refractivity contribution in [2.45, 2.75) is 25.4 Å². The molecule has 7 nitrogen and oxygen atoms in total. The van der Waals surface area contributed by atoms with Crippen LogP contribution < -0.4 is 11.1 Å². The highest BCUT2D eigenvalue weighted by Crippen LogP contribution is 2.25. The summed E-state index contributed by atoms with van der Waals surface area (Å²) in [7, 11) is 0. The van der Waals surface area contributed by atoms with Gasteiger partial charge in [-0.25, -0.2) is 4.98 Å². The summed E-state index contributed by atoms with van der Waals surface area (Å²) in [5.41, 5.74) is 8.37. The van der Waals surface area contributed by atoms with Crippen molar-refractivity contribution in [2.24, 2.45) is 5.73 Å². The SMILES string of the molecule is NCc1nc(C(=O)N2CCC[C@@H]2C(=O)Nc2ccc(-c3ccc(Cl)cc3)cc2)co1. The van der Waals surface area contributed by atoms with Crippen molar-refractivity contribution < 1.29 is 14.0 Å². The van der Waals surface area contributed by atoms with Crippen LogP contribution in [0.2, 0.25) is 5.02 Å². The highest BCUT2D eigenvalue weighted by molar-refractivity contribution is 6.30. The summed E-state index contributed by atoms with van der Waals surface area (Å²) in [4.78, 5) is 31.2. The van der Waals surface area contributed by atoms with Gasteiger partial charge < -0.3 is 20.4 Å². The van der Waals surface area contributed by atoms with Crippen molar-refractivity contribution in [1.29, 1.82) is 0 Å². The van der Waals surface area contributed by atoms with Crippen LogP contribution in [0.25, 0.3) is 11.1 Å². The first-order valence-electron chi connectivity index (χ1n) is 9.67. The predicted octanol–water partition coefficient (Wildman–Crippen LogP) is 3.70. The lowest BCUT2D eigenvalue weighted by atomic mass is 10.1. The van der Waals surface area contributed by atoms with Crippen molar-refractivity contribution >= 4 is 29.1 Å². The minimum absolute atomic E-state index is 0.114. The second kappa shape index (κ2) is 8.69. The lowest BCUT2D eigenvalue weighted by molar-refractivity contribution is -0.119. The Morgan fingerprint density at radius 2 is 1.80 bits per heavy atom. The molecule has 3 N–H and O–H groups in total. The van der Waals surface area contributed by atoms with Crippen LogP contribution in [0.4, 0.5) is 5.69 Å². The number of rotatable bonds is 5. The Balaban J connectivity index is 1.43. The summed E-state index contributed by atoms with van der Waals surface area (Å²) in [5, 5.41) is 3.59. The number of hydrogen-bond acceptors (Lipinski definition) is 5. The molecule has 1 fully saturated rings. The molecule has 4 rings (SSSR count). The number of benzene rings is 2. The molecule has 2 aromatic carbocycles. The first kappa shape index (κ1) is 20.1. The Bertz CT molecular complexity index is 1050. The second-order valence-corrected chi connectivity index (χ2v) is 7.50. The molecule has 0 saturated carbocycles. The van der Waals surface area contributed by atoms with Gasteiger partial charge in [-0.2, -0.15) is 0 Å². The molecular formula is C22H21ClN4O3. The summed E-state index contributed by atoms with van der Waals surface area (Å²) in [6.45, 7) is 0.612. The number of hydrogen-bond donors (Lipinski definition) is 2. The van der Waals surface area contributed by atoms with Gasteiger partial charge in [-0.3, -0.25) is 9.59 Å². The number of nitrogens with zero attached hydrogens (tertiary/aromatic N) is 2. The summed E-state index contributed by atoms with van der Waals surface area (Å²) < 4.78 is 5.15. The minimum atomic E-state index is -0.550. The number of carbonyl (C=O) groups is 2. The molecule has 30 heavy (non-hydrogen) atoms. The Morgan fingerprint density at radius 3 is 2.43 bits per heavy atom. The van der Waals surface area contributed by atoms with Gasteiger partial charge in [0.15, 0.2) is 5.69 Å². The van der Waals surface area contributed by atoms with Gasteiger partial charge in [-0.05, 0) is 48.2 Å². The first-order valence-corrected chi connectivity index (χ1v) is 10.1. The van der Waals surface area contributed by atoms with E-state index in [1.54, 1.807) is 0 Å². The Labute approximate surface area is 178 Å². The van der Waals surface area contributed by atoms with E-state index in [0.29, 0.717) is 29.6 Å². The van der Waals surface area contributed by atoms with Crippen LogP contribution in [0.5, 0.6) is 0 Å². The molecule has 1 aliphatic heterocycles. The molecule has 8 heteroatoms. The van der Waals surface area contributed by atoms with Crippen LogP contribution in [-0.2, 0) is 11.3 Å². The Hall–Kier alpha value is -3.16. The van der Waals surface area contributed by atoms with E-state index in [1.807, 2.05) is 48.5 Å². The van der Waals surface area contributed by atoms with E-state index in [9.17, 15) is 9.59 Å². The van der Waals surface area contributed by atoms with Gasteiger partial charge in [-0.1, -0.05) is 35.9 Å². The first-order chi connectivity index (χ1) is 14.5.